The number of carbonyl (C=O) groups excluding carboxylic acids is 1. The Morgan fingerprint density at radius 2 is 2.08 bits per heavy atom. The predicted molar refractivity (Wildman–Crippen MR) is 94.1 cm³/mol. The normalized spacial score (nSPS) is 25.1. The fraction of sp³-hybridized carbons (Fsp3) is 0.333. The number of rotatable bonds is 4. The van der Waals surface area contributed by atoms with Crippen molar-refractivity contribution in [2.45, 2.75) is 18.9 Å². The second kappa shape index (κ2) is 6.43. The number of allylic oxidation sites excluding steroid dienone is 2. The van der Waals surface area contributed by atoms with Gasteiger partial charge in [-0.3, -0.25) is 9.78 Å². The molecule has 3 nitrogen and oxygen atoms in total. The van der Waals surface area contributed by atoms with Crippen molar-refractivity contribution in [3.63, 3.8) is 0 Å². The fourth-order valence-corrected chi connectivity index (χ4v) is 4.26. The molecule has 0 radical (unpaired) electrons. The standard InChI is InChI=1S/C21H21FN2O/c1-24(21(25)18-12-14-8-9-15(18)11-14)20(19-7-2-3-10-23-19)16-5-4-6-17(22)13-16/h2-10,13-15,18,20H,11-12H2,1H3/t14-,15+,18+,20-/m0/s1. The van der Waals surface area contributed by atoms with Crippen molar-refractivity contribution >= 4 is 5.91 Å². The summed E-state index contributed by atoms with van der Waals surface area (Å²) in [5.41, 5.74) is 1.50. The smallest absolute Gasteiger partial charge is 0.226 e. The number of halogens is 1. The number of nitrogens with zero attached hydrogens (tertiary/aromatic N) is 2. The van der Waals surface area contributed by atoms with Crippen LogP contribution in [-0.4, -0.2) is 22.8 Å². The molecule has 0 unspecified atom stereocenters. The molecule has 4 rings (SSSR count). The number of amides is 1. The van der Waals surface area contributed by atoms with Crippen LogP contribution in [0.5, 0.6) is 0 Å². The minimum atomic E-state index is -0.382. The number of hydrogen-bond acceptors (Lipinski definition) is 2. The second-order valence-electron chi connectivity index (χ2n) is 7.05. The van der Waals surface area contributed by atoms with Crippen molar-refractivity contribution in [3.8, 4) is 0 Å². The molecular formula is C21H21FN2O. The van der Waals surface area contributed by atoms with E-state index in [1.165, 1.54) is 12.1 Å². The molecule has 2 aromatic rings. The lowest BCUT2D eigenvalue weighted by Gasteiger charge is -2.32. The molecule has 0 spiro atoms. The quantitative estimate of drug-likeness (QED) is 0.791. The topological polar surface area (TPSA) is 33.2 Å². The molecule has 0 aliphatic heterocycles. The average Bonchev–Trinajstić information content (AvgIpc) is 3.25. The van der Waals surface area contributed by atoms with E-state index < -0.39 is 0 Å². The highest BCUT2D eigenvalue weighted by molar-refractivity contribution is 5.80. The third-order valence-corrected chi connectivity index (χ3v) is 5.46. The lowest BCUT2D eigenvalue weighted by molar-refractivity contribution is -0.136. The fourth-order valence-electron chi connectivity index (χ4n) is 4.26. The van der Waals surface area contributed by atoms with Crippen LogP contribution in [0.1, 0.15) is 30.1 Å². The molecule has 1 amide bonds. The van der Waals surface area contributed by atoms with Gasteiger partial charge < -0.3 is 4.90 Å². The summed E-state index contributed by atoms with van der Waals surface area (Å²) in [7, 11) is 1.81. The van der Waals surface area contributed by atoms with Crippen LogP contribution in [0, 0.1) is 23.6 Å². The van der Waals surface area contributed by atoms with Crippen LogP contribution < -0.4 is 0 Å². The van der Waals surface area contributed by atoms with E-state index in [2.05, 4.69) is 17.1 Å². The highest BCUT2D eigenvalue weighted by Crippen LogP contribution is 2.45. The number of pyridine rings is 1. The van der Waals surface area contributed by atoms with Crippen LogP contribution in [0.15, 0.2) is 60.8 Å². The Morgan fingerprint density at radius 1 is 1.20 bits per heavy atom. The van der Waals surface area contributed by atoms with Gasteiger partial charge in [0.1, 0.15) is 5.82 Å². The third-order valence-electron chi connectivity index (χ3n) is 5.46. The van der Waals surface area contributed by atoms with Crippen LogP contribution >= 0.6 is 0 Å². The Morgan fingerprint density at radius 3 is 2.72 bits per heavy atom. The van der Waals surface area contributed by atoms with E-state index in [4.69, 9.17) is 0 Å². The van der Waals surface area contributed by atoms with Gasteiger partial charge in [0, 0.05) is 19.2 Å². The predicted octanol–water partition coefficient (Wildman–Crippen LogP) is 3.98. The van der Waals surface area contributed by atoms with Crippen molar-refractivity contribution in [3.05, 3.63) is 77.9 Å². The van der Waals surface area contributed by atoms with E-state index in [1.807, 2.05) is 31.3 Å². The van der Waals surface area contributed by atoms with Crippen molar-refractivity contribution in [2.75, 3.05) is 7.05 Å². The van der Waals surface area contributed by atoms with Crippen molar-refractivity contribution < 1.29 is 9.18 Å². The zero-order chi connectivity index (χ0) is 17.4. The Hall–Kier alpha value is -2.49. The maximum absolute atomic E-state index is 13.8. The number of hydrogen-bond donors (Lipinski definition) is 0. The molecule has 25 heavy (non-hydrogen) atoms. The molecule has 1 heterocycles. The van der Waals surface area contributed by atoms with Crippen LogP contribution in [0.3, 0.4) is 0 Å². The maximum Gasteiger partial charge on any atom is 0.226 e. The summed E-state index contributed by atoms with van der Waals surface area (Å²) in [5.74, 6) is 0.727. The summed E-state index contributed by atoms with van der Waals surface area (Å²) in [5, 5.41) is 0. The first kappa shape index (κ1) is 16.0. The summed E-state index contributed by atoms with van der Waals surface area (Å²) < 4.78 is 13.8. The Labute approximate surface area is 147 Å². The highest BCUT2D eigenvalue weighted by atomic mass is 19.1. The van der Waals surface area contributed by atoms with Crippen LogP contribution in [0.4, 0.5) is 4.39 Å². The molecule has 2 bridgehead atoms. The summed E-state index contributed by atoms with van der Waals surface area (Å²) in [6.07, 6.45) is 8.13. The van der Waals surface area contributed by atoms with Gasteiger partial charge in [0.05, 0.1) is 11.7 Å². The molecule has 0 saturated heterocycles. The molecule has 1 fully saturated rings. The first-order valence-corrected chi connectivity index (χ1v) is 8.75. The maximum atomic E-state index is 13.8. The van der Waals surface area contributed by atoms with Crippen molar-refractivity contribution in [2.24, 2.45) is 17.8 Å². The van der Waals surface area contributed by atoms with E-state index in [-0.39, 0.29) is 23.7 Å². The summed E-state index contributed by atoms with van der Waals surface area (Å²) >= 11 is 0. The molecule has 1 aromatic carbocycles. The van der Waals surface area contributed by atoms with E-state index in [0.717, 1.165) is 24.1 Å². The van der Waals surface area contributed by atoms with Gasteiger partial charge in [-0.2, -0.15) is 0 Å². The lowest BCUT2D eigenvalue weighted by atomic mass is 9.91. The van der Waals surface area contributed by atoms with Crippen molar-refractivity contribution in [1.82, 2.24) is 9.88 Å². The molecular weight excluding hydrogens is 315 g/mol. The van der Waals surface area contributed by atoms with Gasteiger partial charge in [0.2, 0.25) is 5.91 Å². The van der Waals surface area contributed by atoms with E-state index >= 15 is 0 Å². The minimum absolute atomic E-state index is 0.0276. The largest absolute Gasteiger partial charge is 0.333 e. The second-order valence-corrected chi connectivity index (χ2v) is 7.05. The van der Waals surface area contributed by atoms with Gasteiger partial charge in [-0.05, 0) is 54.5 Å². The Bertz CT molecular complexity index is 805. The summed E-state index contributed by atoms with van der Waals surface area (Å²) in [6.45, 7) is 0. The van der Waals surface area contributed by atoms with E-state index in [1.54, 1.807) is 17.2 Å². The van der Waals surface area contributed by atoms with Gasteiger partial charge in [-0.1, -0.05) is 30.4 Å². The van der Waals surface area contributed by atoms with E-state index in [9.17, 15) is 9.18 Å². The summed E-state index contributed by atoms with van der Waals surface area (Å²) in [4.78, 5) is 19.4. The van der Waals surface area contributed by atoms with Gasteiger partial charge >= 0.3 is 0 Å². The molecule has 1 saturated carbocycles. The highest BCUT2D eigenvalue weighted by Gasteiger charge is 2.42. The van der Waals surface area contributed by atoms with Crippen LogP contribution in [-0.2, 0) is 4.79 Å². The van der Waals surface area contributed by atoms with Gasteiger partial charge in [-0.25, -0.2) is 4.39 Å². The van der Waals surface area contributed by atoms with E-state index in [0.29, 0.717) is 11.8 Å². The average molecular weight is 336 g/mol. The van der Waals surface area contributed by atoms with Gasteiger partial charge in [-0.15, -0.1) is 0 Å². The Balaban J connectivity index is 1.68. The number of aromatic nitrogens is 1. The minimum Gasteiger partial charge on any atom is -0.333 e. The Kier molecular flexibility index (Phi) is 4.12. The monoisotopic (exact) mass is 336 g/mol. The molecule has 4 atom stereocenters. The number of fused-ring (bicyclic) bond motifs is 2. The first-order chi connectivity index (χ1) is 12.1. The van der Waals surface area contributed by atoms with Gasteiger partial charge in [0.25, 0.3) is 0 Å². The molecule has 2 aliphatic rings. The van der Waals surface area contributed by atoms with Crippen molar-refractivity contribution in [1.29, 1.82) is 0 Å². The molecule has 4 heteroatoms. The third kappa shape index (κ3) is 2.97. The first-order valence-electron chi connectivity index (χ1n) is 8.75. The summed E-state index contributed by atoms with van der Waals surface area (Å²) in [6, 6.07) is 11.7. The van der Waals surface area contributed by atoms with Gasteiger partial charge in [0.15, 0.2) is 0 Å². The zero-order valence-corrected chi connectivity index (χ0v) is 14.2. The van der Waals surface area contributed by atoms with Crippen LogP contribution in [0.2, 0.25) is 0 Å². The number of benzene rings is 1. The molecule has 128 valence electrons. The zero-order valence-electron chi connectivity index (χ0n) is 14.2. The molecule has 1 aromatic heterocycles. The number of carbonyl (C=O) groups is 1. The molecule has 2 aliphatic carbocycles. The lowest BCUT2D eigenvalue weighted by Crippen LogP contribution is -2.38. The molecule has 0 N–H and O–H groups in total. The van der Waals surface area contributed by atoms with Crippen LogP contribution in [0.25, 0.3) is 0 Å². The SMILES string of the molecule is CN(C(=O)[C@@H]1C[C@H]2C=C[C@@H]1C2)[C@@H](c1cccc(F)c1)c1ccccn1.